The second kappa shape index (κ2) is 4.92. The van der Waals surface area contributed by atoms with Gasteiger partial charge in [-0.05, 0) is 30.9 Å². The standard InChI is InChI=1S/C13H18OS2/c1-4-10-9-7-15-12(6-8(3)14)13(9)11(5-2)16-10/h12H,4-7H2,1-3H3. The van der Waals surface area contributed by atoms with Crippen molar-refractivity contribution in [2.75, 3.05) is 0 Å². The van der Waals surface area contributed by atoms with Gasteiger partial charge in [0.25, 0.3) is 0 Å². The molecule has 0 saturated carbocycles. The molecule has 2 rings (SSSR count). The number of rotatable bonds is 4. The molecule has 0 aromatic carbocycles. The number of aryl methyl sites for hydroxylation is 2. The van der Waals surface area contributed by atoms with Crippen LogP contribution < -0.4 is 0 Å². The normalized spacial score (nSPS) is 18.8. The van der Waals surface area contributed by atoms with Gasteiger partial charge in [-0.3, -0.25) is 4.79 Å². The van der Waals surface area contributed by atoms with Crippen molar-refractivity contribution in [3.05, 3.63) is 20.9 Å². The zero-order valence-electron chi connectivity index (χ0n) is 10.1. The molecule has 1 aliphatic rings. The van der Waals surface area contributed by atoms with Crippen molar-refractivity contribution in [1.82, 2.24) is 0 Å². The highest BCUT2D eigenvalue weighted by Crippen LogP contribution is 2.50. The van der Waals surface area contributed by atoms with E-state index in [9.17, 15) is 4.79 Å². The molecule has 0 spiro atoms. The van der Waals surface area contributed by atoms with E-state index < -0.39 is 0 Å². The molecule has 0 saturated heterocycles. The van der Waals surface area contributed by atoms with Gasteiger partial charge in [-0.1, -0.05) is 13.8 Å². The summed E-state index contributed by atoms with van der Waals surface area (Å²) in [6, 6.07) is 0. The quantitative estimate of drug-likeness (QED) is 0.803. The van der Waals surface area contributed by atoms with Gasteiger partial charge in [0.2, 0.25) is 0 Å². The van der Waals surface area contributed by atoms with Crippen LogP contribution in [0.3, 0.4) is 0 Å². The smallest absolute Gasteiger partial charge is 0.131 e. The maximum absolute atomic E-state index is 11.3. The Morgan fingerprint density at radius 3 is 2.56 bits per heavy atom. The number of carbonyl (C=O) groups excluding carboxylic acids is 1. The Morgan fingerprint density at radius 1 is 1.31 bits per heavy atom. The van der Waals surface area contributed by atoms with Gasteiger partial charge in [0.15, 0.2) is 0 Å². The van der Waals surface area contributed by atoms with Gasteiger partial charge in [-0.2, -0.15) is 0 Å². The van der Waals surface area contributed by atoms with E-state index in [0.29, 0.717) is 17.5 Å². The van der Waals surface area contributed by atoms with Crippen molar-refractivity contribution in [3.8, 4) is 0 Å². The number of thiophene rings is 1. The lowest BCUT2D eigenvalue weighted by atomic mass is 10.0. The number of hydrogen-bond acceptors (Lipinski definition) is 3. The molecular formula is C13H18OS2. The van der Waals surface area contributed by atoms with Gasteiger partial charge in [0.05, 0.1) is 0 Å². The summed E-state index contributed by atoms with van der Waals surface area (Å²) >= 11 is 3.92. The lowest BCUT2D eigenvalue weighted by Gasteiger charge is -2.08. The molecule has 0 amide bonds. The van der Waals surface area contributed by atoms with Crippen molar-refractivity contribution in [2.45, 2.75) is 51.0 Å². The summed E-state index contributed by atoms with van der Waals surface area (Å²) < 4.78 is 0. The molecule has 1 aromatic rings. The van der Waals surface area contributed by atoms with E-state index in [1.54, 1.807) is 17.4 Å². The molecule has 1 nitrogen and oxygen atoms in total. The molecule has 0 radical (unpaired) electrons. The minimum Gasteiger partial charge on any atom is -0.300 e. The first-order valence-electron chi connectivity index (χ1n) is 5.91. The van der Waals surface area contributed by atoms with Gasteiger partial charge >= 0.3 is 0 Å². The van der Waals surface area contributed by atoms with Crippen molar-refractivity contribution >= 4 is 28.9 Å². The van der Waals surface area contributed by atoms with Crippen LogP contribution >= 0.6 is 23.1 Å². The molecule has 0 aliphatic carbocycles. The number of hydrogen-bond donors (Lipinski definition) is 0. The Labute approximate surface area is 106 Å². The summed E-state index contributed by atoms with van der Waals surface area (Å²) in [7, 11) is 0. The maximum atomic E-state index is 11.3. The molecule has 0 N–H and O–H groups in total. The number of carbonyl (C=O) groups is 1. The highest BCUT2D eigenvalue weighted by Gasteiger charge is 2.30. The first-order chi connectivity index (χ1) is 7.67. The zero-order chi connectivity index (χ0) is 11.7. The number of thioether (sulfide) groups is 1. The summed E-state index contributed by atoms with van der Waals surface area (Å²) in [5.41, 5.74) is 3.07. The number of ketones is 1. The van der Waals surface area contributed by atoms with Crippen molar-refractivity contribution in [3.63, 3.8) is 0 Å². The van der Waals surface area contributed by atoms with Crippen molar-refractivity contribution in [2.24, 2.45) is 0 Å². The van der Waals surface area contributed by atoms with Crippen LogP contribution in [0.4, 0.5) is 0 Å². The minimum atomic E-state index is 0.316. The first kappa shape index (κ1) is 12.2. The minimum absolute atomic E-state index is 0.316. The van der Waals surface area contributed by atoms with Gasteiger partial charge in [-0.15, -0.1) is 23.1 Å². The maximum Gasteiger partial charge on any atom is 0.131 e. The predicted octanol–water partition coefficient (Wildman–Crippen LogP) is 4.14. The van der Waals surface area contributed by atoms with E-state index in [-0.39, 0.29) is 0 Å². The van der Waals surface area contributed by atoms with Crippen LogP contribution in [0.2, 0.25) is 0 Å². The fraction of sp³-hybridized carbons (Fsp3) is 0.615. The second-order valence-electron chi connectivity index (χ2n) is 4.25. The lowest BCUT2D eigenvalue weighted by Crippen LogP contribution is -1.99. The average Bonchev–Trinajstić information content (AvgIpc) is 2.78. The van der Waals surface area contributed by atoms with Crippen LogP contribution in [0.15, 0.2) is 0 Å². The van der Waals surface area contributed by atoms with Crippen molar-refractivity contribution < 1.29 is 4.79 Å². The molecule has 3 heteroatoms. The van der Waals surface area contributed by atoms with E-state index in [0.717, 1.165) is 18.6 Å². The third kappa shape index (κ3) is 2.07. The van der Waals surface area contributed by atoms with Crippen LogP contribution in [0, 0.1) is 0 Å². The molecule has 1 aromatic heterocycles. The van der Waals surface area contributed by atoms with Gasteiger partial charge < -0.3 is 0 Å². The number of fused-ring (bicyclic) bond motifs is 1. The Balaban J connectivity index is 2.36. The molecule has 0 fully saturated rings. The van der Waals surface area contributed by atoms with Crippen LogP contribution in [-0.4, -0.2) is 5.78 Å². The van der Waals surface area contributed by atoms with E-state index in [2.05, 4.69) is 13.8 Å². The van der Waals surface area contributed by atoms with Crippen LogP contribution in [0.5, 0.6) is 0 Å². The first-order valence-corrected chi connectivity index (χ1v) is 7.78. The van der Waals surface area contributed by atoms with E-state index in [4.69, 9.17) is 0 Å². The van der Waals surface area contributed by atoms with E-state index in [1.165, 1.54) is 10.4 Å². The third-order valence-electron chi connectivity index (χ3n) is 3.07. The monoisotopic (exact) mass is 254 g/mol. The Morgan fingerprint density at radius 2 is 2.00 bits per heavy atom. The highest BCUT2D eigenvalue weighted by atomic mass is 32.2. The second-order valence-corrected chi connectivity index (χ2v) is 6.63. The lowest BCUT2D eigenvalue weighted by molar-refractivity contribution is -0.117. The molecular weight excluding hydrogens is 236 g/mol. The van der Waals surface area contributed by atoms with Gasteiger partial charge in [0.1, 0.15) is 5.78 Å². The topological polar surface area (TPSA) is 17.1 Å². The SMILES string of the molecule is CCc1sc(CC)c2c1CSC2CC(C)=O. The highest BCUT2D eigenvalue weighted by molar-refractivity contribution is 7.99. The average molecular weight is 254 g/mol. The summed E-state index contributed by atoms with van der Waals surface area (Å²) in [6.45, 7) is 6.16. The van der Waals surface area contributed by atoms with E-state index in [1.807, 2.05) is 23.1 Å². The summed E-state index contributed by atoms with van der Waals surface area (Å²) in [4.78, 5) is 14.3. The molecule has 1 aliphatic heterocycles. The third-order valence-corrected chi connectivity index (χ3v) is 5.87. The van der Waals surface area contributed by atoms with Crippen molar-refractivity contribution in [1.29, 1.82) is 0 Å². The Kier molecular flexibility index (Phi) is 3.75. The molecule has 88 valence electrons. The fourth-order valence-electron chi connectivity index (χ4n) is 2.35. The zero-order valence-corrected chi connectivity index (χ0v) is 11.8. The van der Waals surface area contributed by atoms with Gasteiger partial charge in [-0.25, -0.2) is 0 Å². The number of Topliss-reactive ketones (excluding diaryl/α,β-unsaturated/α-hetero) is 1. The summed E-state index contributed by atoms with van der Waals surface area (Å²) in [5, 5.41) is 0.444. The Hall–Kier alpha value is -0.280. The molecule has 1 atom stereocenters. The van der Waals surface area contributed by atoms with Gasteiger partial charge in [0, 0.05) is 27.2 Å². The van der Waals surface area contributed by atoms with Crippen LogP contribution in [0.1, 0.15) is 53.3 Å². The van der Waals surface area contributed by atoms with Crippen LogP contribution in [-0.2, 0) is 23.4 Å². The van der Waals surface area contributed by atoms with E-state index >= 15 is 0 Å². The largest absolute Gasteiger partial charge is 0.300 e. The fourth-order valence-corrected chi connectivity index (χ4v) is 5.29. The Bertz CT molecular complexity index is 406. The summed E-state index contributed by atoms with van der Waals surface area (Å²) in [6.07, 6.45) is 2.97. The van der Waals surface area contributed by atoms with Crippen LogP contribution in [0.25, 0.3) is 0 Å². The molecule has 2 heterocycles. The predicted molar refractivity (Wildman–Crippen MR) is 72.4 cm³/mol. The summed E-state index contributed by atoms with van der Waals surface area (Å²) in [5.74, 6) is 1.43. The molecule has 0 bridgehead atoms. The molecule has 1 unspecified atom stereocenters. The molecule has 16 heavy (non-hydrogen) atoms.